The summed E-state index contributed by atoms with van der Waals surface area (Å²) in [5.74, 6) is 0.633. The number of para-hydroxylation sites is 1. The van der Waals surface area contributed by atoms with Crippen molar-refractivity contribution in [3.05, 3.63) is 35.0 Å². The molecule has 0 radical (unpaired) electrons. The molecule has 0 aliphatic carbocycles. The second-order valence-electron chi connectivity index (χ2n) is 4.50. The number of nitrogens with one attached hydrogen (secondary N) is 1. The first-order valence-corrected chi connectivity index (χ1v) is 6.10. The summed E-state index contributed by atoms with van der Waals surface area (Å²) in [7, 11) is 2.11. The van der Waals surface area contributed by atoms with Gasteiger partial charge in [-0.2, -0.15) is 0 Å². The van der Waals surface area contributed by atoms with Crippen LogP contribution in [0.25, 0.3) is 10.9 Å². The van der Waals surface area contributed by atoms with Gasteiger partial charge in [-0.1, -0.05) is 23.7 Å². The molecule has 2 heterocycles. The Hall–Kier alpha value is -0.990. The van der Waals surface area contributed by atoms with Crippen LogP contribution >= 0.6 is 11.6 Å². The Bertz CT molecular complexity index is 524. The van der Waals surface area contributed by atoms with Gasteiger partial charge in [0, 0.05) is 30.6 Å². The van der Waals surface area contributed by atoms with E-state index in [0.29, 0.717) is 5.92 Å². The molecule has 2 aromatic rings. The minimum absolute atomic E-state index is 0.633. The predicted octanol–water partition coefficient (Wildman–Crippen LogP) is 2.91. The summed E-state index contributed by atoms with van der Waals surface area (Å²) in [5, 5.41) is 5.50. The highest BCUT2D eigenvalue weighted by atomic mass is 35.5. The highest BCUT2D eigenvalue weighted by Gasteiger charge is 2.20. The number of aromatic nitrogens is 1. The van der Waals surface area contributed by atoms with Crippen LogP contribution in [0.1, 0.15) is 18.0 Å². The predicted molar refractivity (Wildman–Crippen MR) is 68.2 cm³/mol. The number of rotatable bonds is 1. The van der Waals surface area contributed by atoms with Crippen molar-refractivity contribution in [3.8, 4) is 0 Å². The number of benzene rings is 1. The Morgan fingerprint density at radius 3 is 3.00 bits per heavy atom. The molecule has 1 atom stereocenters. The first-order valence-electron chi connectivity index (χ1n) is 5.72. The smallest absolute Gasteiger partial charge is 0.0669 e. The molecular formula is C13H15ClN2. The summed E-state index contributed by atoms with van der Waals surface area (Å²) >= 11 is 6.25. The molecule has 1 unspecified atom stereocenters. The lowest BCUT2D eigenvalue weighted by atomic mass is 10.1. The van der Waals surface area contributed by atoms with Crippen LogP contribution in [0.15, 0.2) is 24.3 Å². The van der Waals surface area contributed by atoms with Crippen LogP contribution in [0.3, 0.4) is 0 Å². The molecule has 2 nitrogen and oxygen atoms in total. The molecular weight excluding hydrogens is 220 g/mol. The summed E-state index contributed by atoms with van der Waals surface area (Å²) in [5.41, 5.74) is 2.55. The molecule has 0 spiro atoms. The average Bonchev–Trinajstić information content (AvgIpc) is 2.86. The average molecular weight is 235 g/mol. The lowest BCUT2D eigenvalue weighted by Gasteiger charge is -2.10. The summed E-state index contributed by atoms with van der Waals surface area (Å²) in [6.45, 7) is 2.21. The molecule has 84 valence electrons. The summed E-state index contributed by atoms with van der Waals surface area (Å²) in [6, 6.07) is 8.38. The van der Waals surface area contributed by atoms with Crippen LogP contribution < -0.4 is 5.32 Å². The summed E-state index contributed by atoms with van der Waals surface area (Å²) in [4.78, 5) is 0. The van der Waals surface area contributed by atoms with Crippen molar-refractivity contribution < 1.29 is 0 Å². The van der Waals surface area contributed by atoms with Gasteiger partial charge in [0.15, 0.2) is 0 Å². The van der Waals surface area contributed by atoms with Crippen molar-refractivity contribution in [1.29, 1.82) is 0 Å². The van der Waals surface area contributed by atoms with Crippen LogP contribution in [0, 0.1) is 0 Å². The van der Waals surface area contributed by atoms with E-state index in [1.165, 1.54) is 17.5 Å². The zero-order chi connectivity index (χ0) is 11.1. The lowest BCUT2D eigenvalue weighted by molar-refractivity contribution is 0.694. The minimum atomic E-state index is 0.633. The maximum Gasteiger partial charge on any atom is 0.0669 e. The quantitative estimate of drug-likeness (QED) is 0.803. The fourth-order valence-corrected chi connectivity index (χ4v) is 3.00. The van der Waals surface area contributed by atoms with Crippen molar-refractivity contribution in [2.24, 2.45) is 7.05 Å². The van der Waals surface area contributed by atoms with E-state index >= 15 is 0 Å². The highest BCUT2D eigenvalue weighted by molar-refractivity contribution is 6.35. The maximum atomic E-state index is 6.25. The standard InChI is InChI=1S/C13H15ClN2/c1-16-12(10-5-6-15-8-10)7-9-3-2-4-11(14)13(9)16/h2-4,7,10,15H,5-6,8H2,1H3. The van der Waals surface area contributed by atoms with E-state index in [2.05, 4.69) is 29.1 Å². The monoisotopic (exact) mass is 234 g/mol. The van der Waals surface area contributed by atoms with Gasteiger partial charge in [0.25, 0.3) is 0 Å². The second-order valence-corrected chi connectivity index (χ2v) is 4.90. The fraction of sp³-hybridized carbons (Fsp3) is 0.385. The Kier molecular flexibility index (Phi) is 2.41. The molecule has 1 aliphatic heterocycles. The van der Waals surface area contributed by atoms with Gasteiger partial charge in [0.1, 0.15) is 0 Å². The Morgan fingerprint density at radius 2 is 2.31 bits per heavy atom. The maximum absolute atomic E-state index is 6.25. The van der Waals surface area contributed by atoms with E-state index in [0.717, 1.165) is 23.6 Å². The Balaban J connectivity index is 2.19. The topological polar surface area (TPSA) is 17.0 Å². The van der Waals surface area contributed by atoms with Crippen LogP contribution in [0.2, 0.25) is 5.02 Å². The third kappa shape index (κ3) is 1.45. The number of halogens is 1. The number of hydrogen-bond donors (Lipinski definition) is 1. The Morgan fingerprint density at radius 1 is 1.44 bits per heavy atom. The van der Waals surface area contributed by atoms with Crippen molar-refractivity contribution >= 4 is 22.5 Å². The molecule has 0 bridgehead atoms. The van der Waals surface area contributed by atoms with Gasteiger partial charge in [0.2, 0.25) is 0 Å². The molecule has 1 aliphatic rings. The summed E-state index contributed by atoms with van der Waals surface area (Å²) in [6.07, 6.45) is 1.22. The normalized spacial score (nSPS) is 20.8. The van der Waals surface area contributed by atoms with Gasteiger partial charge in [-0.15, -0.1) is 0 Å². The molecule has 0 saturated carbocycles. The van der Waals surface area contributed by atoms with Crippen LogP contribution in [0.4, 0.5) is 0 Å². The molecule has 0 amide bonds. The van der Waals surface area contributed by atoms with Gasteiger partial charge in [-0.25, -0.2) is 0 Å². The zero-order valence-corrected chi connectivity index (χ0v) is 10.1. The van der Waals surface area contributed by atoms with E-state index in [1.54, 1.807) is 0 Å². The van der Waals surface area contributed by atoms with Gasteiger partial charge in [-0.3, -0.25) is 0 Å². The number of aryl methyl sites for hydroxylation is 1. The van der Waals surface area contributed by atoms with Crippen molar-refractivity contribution in [2.45, 2.75) is 12.3 Å². The van der Waals surface area contributed by atoms with Crippen molar-refractivity contribution in [1.82, 2.24) is 9.88 Å². The van der Waals surface area contributed by atoms with E-state index in [-0.39, 0.29) is 0 Å². The lowest BCUT2D eigenvalue weighted by Crippen LogP contribution is -2.10. The molecule has 1 fully saturated rings. The van der Waals surface area contributed by atoms with Crippen molar-refractivity contribution in [2.75, 3.05) is 13.1 Å². The van der Waals surface area contributed by atoms with Gasteiger partial charge in [-0.05, 0) is 25.1 Å². The van der Waals surface area contributed by atoms with Gasteiger partial charge >= 0.3 is 0 Å². The van der Waals surface area contributed by atoms with E-state index < -0.39 is 0 Å². The molecule has 1 saturated heterocycles. The molecule has 1 aromatic carbocycles. The van der Waals surface area contributed by atoms with E-state index in [9.17, 15) is 0 Å². The molecule has 1 N–H and O–H groups in total. The molecule has 16 heavy (non-hydrogen) atoms. The SMILES string of the molecule is Cn1c(C2CCNC2)cc2cccc(Cl)c21. The van der Waals surface area contributed by atoms with Crippen molar-refractivity contribution in [3.63, 3.8) is 0 Å². The second kappa shape index (κ2) is 3.79. The molecule has 1 aromatic heterocycles. The Labute approximate surface area is 100 Å². The van der Waals surface area contributed by atoms with Gasteiger partial charge in [0.05, 0.1) is 10.5 Å². The largest absolute Gasteiger partial charge is 0.346 e. The number of fused-ring (bicyclic) bond motifs is 1. The minimum Gasteiger partial charge on any atom is -0.346 e. The molecule has 3 rings (SSSR count). The van der Waals surface area contributed by atoms with E-state index in [4.69, 9.17) is 11.6 Å². The van der Waals surface area contributed by atoms with Crippen LogP contribution in [-0.4, -0.2) is 17.7 Å². The summed E-state index contributed by atoms with van der Waals surface area (Å²) < 4.78 is 2.25. The molecule has 3 heteroatoms. The first kappa shape index (κ1) is 10.2. The van der Waals surface area contributed by atoms with E-state index in [1.807, 2.05) is 12.1 Å². The number of hydrogen-bond acceptors (Lipinski definition) is 1. The first-order chi connectivity index (χ1) is 7.77. The zero-order valence-electron chi connectivity index (χ0n) is 9.33. The van der Waals surface area contributed by atoms with Crippen LogP contribution in [-0.2, 0) is 7.05 Å². The number of nitrogens with zero attached hydrogens (tertiary/aromatic N) is 1. The van der Waals surface area contributed by atoms with Crippen LogP contribution in [0.5, 0.6) is 0 Å². The third-order valence-electron chi connectivity index (χ3n) is 3.52. The van der Waals surface area contributed by atoms with Gasteiger partial charge < -0.3 is 9.88 Å². The third-order valence-corrected chi connectivity index (χ3v) is 3.83. The fourth-order valence-electron chi connectivity index (χ4n) is 2.69. The highest BCUT2D eigenvalue weighted by Crippen LogP contribution is 2.31.